The zero-order valence-corrected chi connectivity index (χ0v) is 12.5. The normalized spacial score (nSPS) is 10.7. The molecular weight excluding hydrogens is 268 g/mol. The zero-order chi connectivity index (χ0) is 15.2. The van der Waals surface area contributed by atoms with E-state index in [1.54, 1.807) is 10.9 Å². The topological polar surface area (TPSA) is 69.0 Å². The standard InChI is InChI=1S/C15H20N4O2/c1-11(2)12-4-6-13(7-5-12)21-9-15(20)16-8-14-18-17-10-19(14)3/h4-7,10-11H,8-9H2,1-3H3,(H,16,20). The Morgan fingerprint density at radius 2 is 2.05 bits per heavy atom. The predicted molar refractivity (Wildman–Crippen MR) is 78.9 cm³/mol. The summed E-state index contributed by atoms with van der Waals surface area (Å²) in [6.45, 7) is 4.59. The number of amides is 1. The van der Waals surface area contributed by atoms with Crippen LogP contribution in [0.5, 0.6) is 5.75 Å². The van der Waals surface area contributed by atoms with Gasteiger partial charge in [0.1, 0.15) is 12.1 Å². The number of aryl methyl sites for hydroxylation is 1. The van der Waals surface area contributed by atoms with Gasteiger partial charge in [0.25, 0.3) is 5.91 Å². The number of carbonyl (C=O) groups is 1. The molecular formula is C15H20N4O2. The van der Waals surface area contributed by atoms with Crippen molar-refractivity contribution in [2.24, 2.45) is 7.05 Å². The molecule has 1 amide bonds. The highest BCUT2D eigenvalue weighted by Gasteiger charge is 2.06. The van der Waals surface area contributed by atoms with Gasteiger partial charge in [0.2, 0.25) is 0 Å². The second-order valence-electron chi connectivity index (χ2n) is 5.15. The van der Waals surface area contributed by atoms with Crippen molar-refractivity contribution in [3.63, 3.8) is 0 Å². The SMILES string of the molecule is CC(C)c1ccc(OCC(=O)NCc2nncn2C)cc1. The highest BCUT2D eigenvalue weighted by Crippen LogP contribution is 2.18. The number of hydrogen-bond acceptors (Lipinski definition) is 4. The maximum Gasteiger partial charge on any atom is 0.258 e. The van der Waals surface area contributed by atoms with Crippen LogP contribution < -0.4 is 10.1 Å². The summed E-state index contributed by atoms with van der Waals surface area (Å²) in [5.41, 5.74) is 1.24. The molecule has 0 radical (unpaired) electrons. The molecule has 0 bridgehead atoms. The number of nitrogens with zero attached hydrogens (tertiary/aromatic N) is 3. The Hall–Kier alpha value is -2.37. The minimum Gasteiger partial charge on any atom is -0.484 e. The van der Waals surface area contributed by atoms with Crippen LogP contribution in [0.3, 0.4) is 0 Å². The van der Waals surface area contributed by atoms with Crippen LogP contribution in [-0.4, -0.2) is 27.3 Å². The van der Waals surface area contributed by atoms with Crippen LogP contribution in [-0.2, 0) is 18.4 Å². The molecule has 0 atom stereocenters. The van der Waals surface area contributed by atoms with Gasteiger partial charge in [-0.05, 0) is 23.6 Å². The molecule has 0 saturated heterocycles. The monoisotopic (exact) mass is 288 g/mol. The van der Waals surface area contributed by atoms with Gasteiger partial charge in [-0.15, -0.1) is 10.2 Å². The van der Waals surface area contributed by atoms with Gasteiger partial charge in [-0.1, -0.05) is 26.0 Å². The summed E-state index contributed by atoms with van der Waals surface area (Å²) < 4.78 is 7.20. The third kappa shape index (κ3) is 4.30. The predicted octanol–water partition coefficient (Wildman–Crippen LogP) is 1.63. The largest absolute Gasteiger partial charge is 0.484 e. The van der Waals surface area contributed by atoms with E-state index >= 15 is 0 Å². The van der Waals surface area contributed by atoms with Gasteiger partial charge in [-0.2, -0.15) is 0 Å². The average Bonchev–Trinajstić information content (AvgIpc) is 2.88. The Bertz CT molecular complexity index is 590. The molecule has 0 aliphatic carbocycles. The Morgan fingerprint density at radius 3 is 2.62 bits per heavy atom. The first kappa shape index (κ1) is 15.0. The third-order valence-corrected chi connectivity index (χ3v) is 3.17. The summed E-state index contributed by atoms with van der Waals surface area (Å²) in [4.78, 5) is 11.7. The number of nitrogens with one attached hydrogen (secondary N) is 1. The second-order valence-corrected chi connectivity index (χ2v) is 5.15. The summed E-state index contributed by atoms with van der Waals surface area (Å²) in [7, 11) is 1.83. The summed E-state index contributed by atoms with van der Waals surface area (Å²) >= 11 is 0. The lowest BCUT2D eigenvalue weighted by molar-refractivity contribution is -0.123. The van der Waals surface area contributed by atoms with Gasteiger partial charge in [0.05, 0.1) is 6.54 Å². The molecule has 1 aromatic heterocycles. The van der Waals surface area contributed by atoms with Crippen molar-refractivity contribution in [2.75, 3.05) is 6.61 Å². The second kappa shape index (κ2) is 6.88. The van der Waals surface area contributed by atoms with E-state index in [0.717, 1.165) is 0 Å². The fourth-order valence-electron chi connectivity index (χ4n) is 1.79. The van der Waals surface area contributed by atoms with Gasteiger partial charge in [0, 0.05) is 7.05 Å². The van der Waals surface area contributed by atoms with Crippen LogP contribution in [0.25, 0.3) is 0 Å². The van der Waals surface area contributed by atoms with Crippen molar-refractivity contribution >= 4 is 5.91 Å². The summed E-state index contributed by atoms with van der Waals surface area (Å²) in [6.07, 6.45) is 1.59. The van der Waals surface area contributed by atoms with E-state index in [2.05, 4.69) is 29.4 Å². The molecule has 1 heterocycles. The highest BCUT2D eigenvalue weighted by atomic mass is 16.5. The van der Waals surface area contributed by atoms with Gasteiger partial charge < -0.3 is 14.6 Å². The van der Waals surface area contributed by atoms with Crippen molar-refractivity contribution in [3.8, 4) is 5.75 Å². The van der Waals surface area contributed by atoms with E-state index in [9.17, 15) is 4.79 Å². The number of hydrogen-bond donors (Lipinski definition) is 1. The van der Waals surface area contributed by atoms with E-state index in [0.29, 0.717) is 24.0 Å². The van der Waals surface area contributed by atoms with E-state index < -0.39 is 0 Å². The molecule has 0 saturated carbocycles. The quantitative estimate of drug-likeness (QED) is 0.877. The number of aromatic nitrogens is 3. The van der Waals surface area contributed by atoms with Crippen molar-refractivity contribution in [3.05, 3.63) is 42.0 Å². The van der Waals surface area contributed by atoms with Crippen molar-refractivity contribution in [1.82, 2.24) is 20.1 Å². The lowest BCUT2D eigenvalue weighted by Crippen LogP contribution is -2.29. The number of carbonyl (C=O) groups excluding carboxylic acids is 1. The van der Waals surface area contributed by atoms with Gasteiger partial charge >= 0.3 is 0 Å². The van der Waals surface area contributed by atoms with E-state index in [1.807, 2.05) is 31.3 Å². The molecule has 1 N–H and O–H groups in total. The lowest BCUT2D eigenvalue weighted by Gasteiger charge is -2.09. The Labute approximate surface area is 124 Å². The molecule has 6 nitrogen and oxygen atoms in total. The average molecular weight is 288 g/mol. The highest BCUT2D eigenvalue weighted by molar-refractivity contribution is 5.77. The van der Waals surface area contributed by atoms with Crippen LogP contribution in [0.15, 0.2) is 30.6 Å². The molecule has 0 unspecified atom stereocenters. The summed E-state index contributed by atoms with van der Waals surface area (Å²) in [6, 6.07) is 7.78. The van der Waals surface area contributed by atoms with Crippen molar-refractivity contribution in [1.29, 1.82) is 0 Å². The van der Waals surface area contributed by atoms with Crippen molar-refractivity contribution < 1.29 is 9.53 Å². The number of benzene rings is 1. The lowest BCUT2D eigenvalue weighted by atomic mass is 10.0. The molecule has 21 heavy (non-hydrogen) atoms. The molecule has 2 rings (SSSR count). The van der Waals surface area contributed by atoms with Crippen LogP contribution >= 0.6 is 0 Å². The first-order valence-corrected chi connectivity index (χ1v) is 6.88. The molecule has 0 fully saturated rings. The molecule has 0 aliphatic heterocycles. The van der Waals surface area contributed by atoms with E-state index in [1.165, 1.54) is 5.56 Å². The Kier molecular flexibility index (Phi) is 4.92. The van der Waals surface area contributed by atoms with Crippen molar-refractivity contribution in [2.45, 2.75) is 26.3 Å². The summed E-state index contributed by atoms with van der Waals surface area (Å²) in [5.74, 6) is 1.68. The Balaban J connectivity index is 1.77. The number of ether oxygens (including phenoxy) is 1. The number of rotatable bonds is 6. The molecule has 6 heteroatoms. The van der Waals surface area contributed by atoms with E-state index in [4.69, 9.17) is 4.74 Å². The third-order valence-electron chi connectivity index (χ3n) is 3.17. The fourth-order valence-corrected chi connectivity index (χ4v) is 1.79. The van der Waals surface area contributed by atoms with E-state index in [-0.39, 0.29) is 12.5 Å². The molecule has 0 aliphatic rings. The first-order chi connectivity index (χ1) is 10.1. The van der Waals surface area contributed by atoms with Gasteiger partial charge in [-0.25, -0.2) is 0 Å². The minimum absolute atomic E-state index is 0.0150. The smallest absolute Gasteiger partial charge is 0.258 e. The fraction of sp³-hybridized carbons (Fsp3) is 0.400. The Morgan fingerprint density at radius 1 is 1.33 bits per heavy atom. The maximum atomic E-state index is 11.7. The molecule has 112 valence electrons. The van der Waals surface area contributed by atoms with Crippen LogP contribution in [0, 0.1) is 0 Å². The van der Waals surface area contributed by atoms with Gasteiger partial charge in [-0.3, -0.25) is 4.79 Å². The van der Waals surface area contributed by atoms with Crippen LogP contribution in [0.4, 0.5) is 0 Å². The minimum atomic E-state index is -0.189. The maximum absolute atomic E-state index is 11.7. The van der Waals surface area contributed by atoms with Crippen LogP contribution in [0.2, 0.25) is 0 Å². The molecule has 1 aromatic carbocycles. The van der Waals surface area contributed by atoms with Crippen LogP contribution in [0.1, 0.15) is 31.2 Å². The molecule has 0 spiro atoms. The first-order valence-electron chi connectivity index (χ1n) is 6.88. The molecule has 2 aromatic rings. The summed E-state index contributed by atoms with van der Waals surface area (Å²) in [5, 5.41) is 10.4. The van der Waals surface area contributed by atoms with Gasteiger partial charge in [0.15, 0.2) is 12.4 Å². The zero-order valence-electron chi connectivity index (χ0n) is 12.5.